The van der Waals surface area contributed by atoms with E-state index in [1.165, 1.54) is 23.7 Å². The zero-order valence-corrected chi connectivity index (χ0v) is 14.9. The Bertz CT molecular complexity index is 742. The first-order valence-corrected chi connectivity index (χ1v) is 8.89. The molecule has 1 aromatic carbocycles. The van der Waals surface area contributed by atoms with Crippen LogP contribution in [-0.2, 0) is 13.1 Å². The molecule has 25 heavy (non-hydrogen) atoms. The monoisotopic (exact) mass is 335 g/mol. The highest BCUT2D eigenvalue weighted by Crippen LogP contribution is 2.23. The third kappa shape index (κ3) is 4.55. The van der Waals surface area contributed by atoms with Gasteiger partial charge in [0.2, 0.25) is 0 Å². The average Bonchev–Trinajstić information content (AvgIpc) is 2.60. The van der Waals surface area contributed by atoms with Crippen molar-refractivity contribution in [3.8, 4) is 6.07 Å². The van der Waals surface area contributed by atoms with E-state index in [-0.39, 0.29) is 0 Å². The van der Waals surface area contributed by atoms with Gasteiger partial charge in [-0.3, -0.25) is 4.90 Å². The molecule has 2 aromatic rings. The lowest BCUT2D eigenvalue weighted by Crippen LogP contribution is -2.38. The molecule has 130 valence electrons. The number of hydrogen-bond acceptors (Lipinski definition) is 5. The lowest BCUT2D eigenvalue weighted by Gasteiger charge is -2.35. The molecule has 1 aliphatic rings. The fourth-order valence-electron chi connectivity index (χ4n) is 3.77. The summed E-state index contributed by atoms with van der Waals surface area (Å²) < 4.78 is 0. The summed E-state index contributed by atoms with van der Waals surface area (Å²) in [7, 11) is 0. The summed E-state index contributed by atoms with van der Waals surface area (Å²) in [4.78, 5) is 10.8. The minimum atomic E-state index is 0.332. The fourth-order valence-corrected chi connectivity index (χ4v) is 3.77. The van der Waals surface area contributed by atoms with Gasteiger partial charge in [0.05, 0.1) is 0 Å². The zero-order valence-electron chi connectivity index (χ0n) is 14.9. The Labute approximate surface area is 149 Å². The summed E-state index contributed by atoms with van der Waals surface area (Å²) >= 11 is 0. The molecule has 2 atom stereocenters. The maximum absolute atomic E-state index is 9.14. The third-order valence-electron chi connectivity index (χ3n) is 4.71. The minimum absolute atomic E-state index is 0.332. The Hall–Kier alpha value is -2.45. The lowest BCUT2D eigenvalue weighted by atomic mass is 9.91. The van der Waals surface area contributed by atoms with Crippen LogP contribution in [0.2, 0.25) is 0 Å². The van der Waals surface area contributed by atoms with Crippen molar-refractivity contribution in [3.05, 3.63) is 53.5 Å². The van der Waals surface area contributed by atoms with Crippen molar-refractivity contribution in [2.24, 2.45) is 11.8 Å². The van der Waals surface area contributed by atoms with E-state index >= 15 is 0 Å². The van der Waals surface area contributed by atoms with Gasteiger partial charge in [0.25, 0.3) is 0 Å². The van der Waals surface area contributed by atoms with Crippen LogP contribution in [0.25, 0.3) is 0 Å². The largest absolute Gasteiger partial charge is 0.364 e. The van der Waals surface area contributed by atoms with Crippen molar-refractivity contribution in [2.75, 3.05) is 18.4 Å². The van der Waals surface area contributed by atoms with Crippen LogP contribution in [-0.4, -0.2) is 28.0 Å². The number of nitrogens with one attached hydrogen (secondary N) is 1. The maximum atomic E-state index is 9.14. The van der Waals surface area contributed by atoms with Crippen LogP contribution in [0.3, 0.4) is 0 Å². The molecule has 1 saturated heterocycles. The van der Waals surface area contributed by atoms with Crippen molar-refractivity contribution in [1.29, 1.82) is 5.26 Å². The van der Waals surface area contributed by atoms with E-state index in [0.29, 0.717) is 18.1 Å². The highest BCUT2D eigenvalue weighted by Gasteiger charge is 2.22. The third-order valence-corrected chi connectivity index (χ3v) is 4.71. The number of anilines is 1. The number of nitrogens with zero attached hydrogens (tertiary/aromatic N) is 4. The van der Waals surface area contributed by atoms with E-state index < -0.39 is 0 Å². The van der Waals surface area contributed by atoms with Gasteiger partial charge in [0.15, 0.2) is 11.5 Å². The van der Waals surface area contributed by atoms with Crippen molar-refractivity contribution < 1.29 is 0 Å². The van der Waals surface area contributed by atoms with Crippen LogP contribution in [0.1, 0.15) is 37.1 Å². The van der Waals surface area contributed by atoms with Gasteiger partial charge in [0.1, 0.15) is 6.07 Å². The number of rotatable bonds is 5. The molecule has 0 spiro atoms. The van der Waals surface area contributed by atoms with Gasteiger partial charge in [0, 0.05) is 38.6 Å². The lowest BCUT2D eigenvalue weighted by molar-refractivity contribution is 0.134. The standard InChI is InChI=1S/C20H25N5/c1-15-9-16(2)13-25(12-15)14-18-6-4-3-5-17(18)11-24-20-19(10-21)22-7-8-23-20/h3-8,15-16H,9,11-14H2,1-2H3,(H,23,24). The Morgan fingerprint density at radius 2 is 1.80 bits per heavy atom. The number of benzene rings is 1. The summed E-state index contributed by atoms with van der Waals surface area (Å²) in [5, 5.41) is 12.4. The molecule has 3 rings (SSSR count). The molecule has 0 saturated carbocycles. The number of hydrogen-bond donors (Lipinski definition) is 1. The van der Waals surface area contributed by atoms with Gasteiger partial charge in [-0.2, -0.15) is 5.26 Å². The number of nitriles is 1. The second-order valence-corrected chi connectivity index (χ2v) is 7.13. The highest BCUT2D eigenvalue weighted by atomic mass is 15.1. The smallest absolute Gasteiger partial charge is 0.182 e. The Morgan fingerprint density at radius 1 is 1.12 bits per heavy atom. The molecule has 1 fully saturated rings. The highest BCUT2D eigenvalue weighted by molar-refractivity contribution is 5.47. The van der Waals surface area contributed by atoms with E-state index in [4.69, 9.17) is 5.26 Å². The Kier molecular flexibility index (Phi) is 5.62. The predicted octanol–water partition coefficient (Wildman–Crippen LogP) is 3.44. The molecular weight excluding hydrogens is 310 g/mol. The molecular formula is C20H25N5. The zero-order chi connectivity index (χ0) is 17.6. The minimum Gasteiger partial charge on any atom is -0.364 e. The van der Waals surface area contributed by atoms with Gasteiger partial charge in [-0.15, -0.1) is 0 Å². The van der Waals surface area contributed by atoms with E-state index in [9.17, 15) is 0 Å². The van der Waals surface area contributed by atoms with Gasteiger partial charge < -0.3 is 5.32 Å². The van der Waals surface area contributed by atoms with Crippen LogP contribution < -0.4 is 5.32 Å². The summed E-state index contributed by atoms with van der Waals surface area (Å²) in [6, 6.07) is 10.6. The summed E-state index contributed by atoms with van der Waals surface area (Å²) in [6.45, 7) is 8.62. The van der Waals surface area contributed by atoms with E-state index in [2.05, 4.69) is 64.4 Å². The van der Waals surface area contributed by atoms with E-state index in [1.54, 1.807) is 6.20 Å². The maximum Gasteiger partial charge on any atom is 0.182 e. The van der Waals surface area contributed by atoms with Gasteiger partial charge in [-0.05, 0) is 29.4 Å². The van der Waals surface area contributed by atoms with Crippen LogP contribution in [0.4, 0.5) is 5.82 Å². The van der Waals surface area contributed by atoms with Crippen LogP contribution >= 0.6 is 0 Å². The molecule has 0 aliphatic carbocycles. The molecule has 1 aliphatic heterocycles. The van der Waals surface area contributed by atoms with Crippen molar-refractivity contribution in [1.82, 2.24) is 14.9 Å². The second kappa shape index (κ2) is 8.09. The average molecular weight is 335 g/mol. The molecule has 0 bridgehead atoms. The van der Waals surface area contributed by atoms with Crippen molar-refractivity contribution in [2.45, 2.75) is 33.4 Å². The van der Waals surface area contributed by atoms with Gasteiger partial charge in [-0.25, -0.2) is 9.97 Å². The first-order valence-electron chi connectivity index (χ1n) is 8.89. The normalized spacial score (nSPS) is 20.8. The first kappa shape index (κ1) is 17.4. The number of piperidine rings is 1. The van der Waals surface area contributed by atoms with Crippen molar-refractivity contribution in [3.63, 3.8) is 0 Å². The Balaban J connectivity index is 1.70. The molecule has 1 N–H and O–H groups in total. The van der Waals surface area contributed by atoms with Crippen LogP contribution in [0.5, 0.6) is 0 Å². The molecule has 0 amide bonds. The fraction of sp³-hybridized carbons (Fsp3) is 0.450. The summed E-state index contributed by atoms with van der Waals surface area (Å²) in [5.41, 5.74) is 2.90. The Morgan fingerprint density at radius 3 is 2.52 bits per heavy atom. The molecule has 5 heteroatoms. The van der Waals surface area contributed by atoms with Gasteiger partial charge in [-0.1, -0.05) is 38.1 Å². The topological polar surface area (TPSA) is 64.8 Å². The molecule has 2 unspecified atom stereocenters. The molecule has 5 nitrogen and oxygen atoms in total. The van der Waals surface area contributed by atoms with E-state index in [1.807, 2.05) is 0 Å². The van der Waals surface area contributed by atoms with Crippen LogP contribution in [0, 0.1) is 23.2 Å². The number of likely N-dealkylation sites (tertiary alicyclic amines) is 1. The van der Waals surface area contributed by atoms with Gasteiger partial charge >= 0.3 is 0 Å². The molecule has 0 radical (unpaired) electrons. The summed E-state index contributed by atoms with van der Waals surface area (Å²) in [5.74, 6) is 2.05. The van der Waals surface area contributed by atoms with Crippen LogP contribution in [0.15, 0.2) is 36.7 Å². The molecule has 1 aromatic heterocycles. The number of aromatic nitrogens is 2. The quantitative estimate of drug-likeness (QED) is 0.907. The molecule has 2 heterocycles. The van der Waals surface area contributed by atoms with E-state index in [0.717, 1.165) is 31.5 Å². The van der Waals surface area contributed by atoms with Crippen molar-refractivity contribution >= 4 is 5.82 Å². The second-order valence-electron chi connectivity index (χ2n) is 7.13. The summed E-state index contributed by atoms with van der Waals surface area (Å²) in [6.07, 6.45) is 4.46. The predicted molar refractivity (Wildman–Crippen MR) is 98.7 cm³/mol. The first-order chi connectivity index (χ1) is 12.2. The SMILES string of the molecule is CC1CC(C)CN(Cc2ccccc2CNc2nccnc2C#N)C1.